The molecule has 0 atom stereocenters. The van der Waals surface area contributed by atoms with Crippen molar-refractivity contribution in [2.75, 3.05) is 0 Å². The molecule has 0 amide bonds. The molecule has 0 spiro atoms. The molecule has 0 unspecified atom stereocenters. The van der Waals surface area contributed by atoms with Crippen LogP contribution in [0.4, 0.5) is 8.78 Å². The van der Waals surface area contributed by atoms with Crippen LogP contribution in [0.5, 0.6) is 11.5 Å². The summed E-state index contributed by atoms with van der Waals surface area (Å²) in [6.45, 7) is 9.55. The Morgan fingerprint density at radius 3 is 1.88 bits per heavy atom. The average Bonchev–Trinajstić information content (AvgIpc) is 2.79. The molecule has 3 aromatic carbocycles. The number of hydrogen-bond acceptors (Lipinski definition) is 5. The van der Waals surface area contributed by atoms with E-state index in [1.807, 2.05) is 0 Å². The number of carbonyl (C=O) groups excluding carboxylic acids is 2. The van der Waals surface area contributed by atoms with Gasteiger partial charge in [-0.3, -0.25) is 0 Å². The molecule has 1 N–H and O–H groups in total. The molecule has 3 rings (SSSR count). The molecule has 0 saturated heterocycles. The van der Waals surface area contributed by atoms with Crippen molar-refractivity contribution in [3.8, 4) is 33.8 Å². The monoisotopic (exact) mass is 464 g/mol. The maximum atomic E-state index is 14.9. The fourth-order valence-corrected chi connectivity index (χ4v) is 3.05. The summed E-state index contributed by atoms with van der Waals surface area (Å²) in [6.07, 6.45) is 0. The third kappa shape index (κ3) is 5.44. The van der Waals surface area contributed by atoms with Crippen LogP contribution in [0, 0.1) is 11.6 Å². The Balaban J connectivity index is 1.89. The van der Waals surface area contributed by atoms with Crippen LogP contribution in [0.1, 0.15) is 19.4 Å². The summed E-state index contributed by atoms with van der Waals surface area (Å²) < 4.78 is 39.8. The van der Waals surface area contributed by atoms with Crippen molar-refractivity contribution >= 4 is 11.9 Å². The highest BCUT2D eigenvalue weighted by Crippen LogP contribution is 2.33. The van der Waals surface area contributed by atoms with E-state index in [0.717, 1.165) is 6.07 Å². The second-order valence-electron chi connectivity index (χ2n) is 7.66. The smallest absolute Gasteiger partial charge is 0.338 e. The average molecular weight is 464 g/mol. The number of esters is 2. The predicted molar refractivity (Wildman–Crippen MR) is 124 cm³/mol. The number of carbonyl (C=O) groups is 2. The van der Waals surface area contributed by atoms with Gasteiger partial charge in [-0.2, -0.15) is 0 Å². The van der Waals surface area contributed by atoms with Gasteiger partial charge in [-0.1, -0.05) is 31.4 Å². The number of benzene rings is 3. The van der Waals surface area contributed by atoms with Gasteiger partial charge in [-0.15, -0.1) is 0 Å². The van der Waals surface area contributed by atoms with Crippen LogP contribution in [0.15, 0.2) is 78.9 Å². The minimum atomic E-state index is -0.759. The van der Waals surface area contributed by atoms with Crippen LogP contribution in [0.3, 0.4) is 0 Å². The van der Waals surface area contributed by atoms with Crippen LogP contribution in [-0.2, 0) is 16.2 Å². The minimum Gasteiger partial charge on any atom is -0.423 e. The molecule has 174 valence electrons. The number of aliphatic hydroxyl groups excluding tert-OH is 1. The van der Waals surface area contributed by atoms with Crippen LogP contribution in [-0.4, -0.2) is 17.0 Å². The van der Waals surface area contributed by atoms with E-state index in [0.29, 0.717) is 16.7 Å². The van der Waals surface area contributed by atoms with E-state index in [9.17, 15) is 23.5 Å². The molecule has 0 aliphatic rings. The van der Waals surface area contributed by atoms with E-state index in [1.54, 1.807) is 18.2 Å². The van der Waals surface area contributed by atoms with E-state index >= 15 is 0 Å². The van der Waals surface area contributed by atoms with Gasteiger partial charge in [-0.25, -0.2) is 18.4 Å². The van der Waals surface area contributed by atoms with E-state index < -0.39 is 30.2 Å². The SMILES string of the molecule is C=C(C)C(=O)Oc1ccc(-c2ccc(-c3ccc(OC(=O)C(=C)C)c(CO)c3)cc2F)c(F)c1. The largest absolute Gasteiger partial charge is 0.423 e. The van der Waals surface area contributed by atoms with Crippen molar-refractivity contribution < 1.29 is 33.0 Å². The summed E-state index contributed by atoms with van der Waals surface area (Å²) in [6, 6.07) is 12.6. The summed E-state index contributed by atoms with van der Waals surface area (Å²) >= 11 is 0. The van der Waals surface area contributed by atoms with Crippen molar-refractivity contribution in [2.45, 2.75) is 20.5 Å². The number of halogens is 2. The molecule has 3 aromatic rings. The molecule has 5 nitrogen and oxygen atoms in total. The van der Waals surface area contributed by atoms with E-state index in [4.69, 9.17) is 9.47 Å². The standard InChI is InChI=1S/C27H22F2O5/c1-15(2)26(31)33-20-7-9-22(24(29)13-20)21-8-5-18(12-23(21)28)17-6-10-25(19(11-17)14-30)34-27(32)16(3)4/h5-13,30H,1,3,14H2,2,4H3. The van der Waals surface area contributed by atoms with Gasteiger partial charge in [0.05, 0.1) is 6.61 Å². The molecule has 0 radical (unpaired) electrons. The Hall–Kier alpha value is -4.10. The fraction of sp³-hybridized carbons (Fsp3) is 0.111. The molecule has 0 aliphatic heterocycles. The highest BCUT2D eigenvalue weighted by atomic mass is 19.1. The Bertz CT molecular complexity index is 1310. The van der Waals surface area contributed by atoms with Gasteiger partial charge in [0.2, 0.25) is 0 Å². The van der Waals surface area contributed by atoms with Crippen molar-refractivity contribution in [2.24, 2.45) is 0 Å². The molecule has 0 aromatic heterocycles. The number of hydrogen-bond donors (Lipinski definition) is 1. The first-order chi connectivity index (χ1) is 16.1. The Labute approximate surface area is 195 Å². The third-order valence-electron chi connectivity index (χ3n) is 4.87. The van der Waals surface area contributed by atoms with Crippen molar-refractivity contribution in [1.29, 1.82) is 0 Å². The Morgan fingerprint density at radius 1 is 0.794 bits per heavy atom. The Kier molecular flexibility index (Phi) is 7.38. The third-order valence-corrected chi connectivity index (χ3v) is 4.87. The topological polar surface area (TPSA) is 72.8 Å². The number of aliphatic hydroxyl groups is 1. The molecule has 7 heteroatoms. The normalized spacial score (nSPS) is 10.5. The molecule has 0 heterocycles. The maximum absolute atomic E-state index is 14.9. The van der Waals surface area contributed by atoms with E-state index in [2.05, 4.69) is 13.2 Å². The molecule has 0 bridgehead atoms. The second-order valence-corrected chi connectivity index (χ2v) is 7.66. The van der Waals surface area contributed by atoms with Crippen LogP contribution < -0.4 is 9.47 Å². The summed E-state index contributed by atoms with van der Waals surface area (Å²) in [4.78, 5) is 23.4. The van der Waals surface area contributed by atoms with Gasteiger partial charge < -0.3 is 14.6 Å². The fourth-order valence-electron chi connectivity index (χ4n) is 3.05. The van der Waals surface area contributed by atoms with Gasteiger partial charge in [0.15, 0.2) is 0 Å². The molecule has 0 fully saturated rings. The Morgan fingerprint density at radius 2 is 1.32 bits per heavy atom. The highest BCUT2D eigenvalue weighted by Gasteiger charge is 2.16. The van der Waals surface area contributed by atoms with Gasteiger partial charge in [0, 0.05) is 33.9 Å². The maximum Gasteiger partial charge on any atom is 0.338 e. The van der Waals surface area contributed by atoms with Crippen molar-refractivity contribution in [3.63, 3.8) is 0 Å². The van der Waals surface area contributed by atoms with Crippen molar-refractivity contribution in [3.05, 3.63) is 96.1 Å². The number of ether oxygens (including phenoxy) is 2. The lowest BCUT2D eigenvalue weighted by molar-refractivity contribution is -0.131. The summed E-state index contributed by atoms with van der Waals surface area (Å²) in [5, 5.41) is 9.66. The van der Waals surface area contributed by atoms with E-state index in [-0.39, 0.29) is 33.8 Å². The summed E-state index contributed by atoms with van der Waals surface area (Å²) in [5.41, 5.74) is 1.76. The molecule has 0 saturated carbocycles. The number of rotatable bonds is 7. The van der Waals surface area contributed by atoms with Gasteiger partial charge >= 0.3 is 11.9 Å². The second kappa shape index (κ2) is 10.2. The molecule has 0 aliphatic carbocycles. The van der Waals surface area contributed by atoms with Gasteiger partial charge in [0.1, 0.15) is 23.1 Å². The first kappa shape index (κ1) is 24.5. The predicted octanol–water partition coefficient (Wildman–Crippen LogP) is 5.75. The van der Waals surface area contributed by atoms with Crippen molar-refractivity contribution in [1.82, 2.24) is 0 Å². The quantitative estimate of drug-likeness (QED) is 0.274. The lowest BCUT2D eigenvalue weighted by Crippen LogP contribution is -2.09. The summed E-state index contributed by atoms with van der Waals surface area (Å²) in [7, 11) is 0. The minimum absolute atomic E-state index is 0.00252. The first-order valence-electron chi connectivity index (χ1n) is 10.2. The lowest BCUT2D eigenvalue weighted by Gasteiger charge is -2.12. The zero-order valence-electron chi connectivity index (χ0n) is 18.7. The molecular formula is C27H22F2O5. The van der Waals surface area contributed by atoms with Gasteiger partial charge in [-0.05, 0) is 55.3 Å². The van der Waals surface area contributed by atoms with E-state index in [1.165, 1.54) is 44.2 Å². The van der Waals surface area contributed by atoms with Crippen LogP contribution >= 0.6 is 0 Å². The molecule has 34 heavy (non-hydrogen) atoms. The summed E-state index contributed by atoms with van der Waals surface area (Å²) in [5.74, 6) is -2.59. The lowest BCUT2D eigenvalue weighted by atomic mass is 9.98. The first-order valence-corrected chi connectivity index (χ1v) is 10.2. The highest BCUT2D eigenvalue weighted by molar-refractivity contribution is 5.89. The van der Waals surface area contributed by atoms with Gasteiger partial charge in [0.25, 0.3) is 0 Å². The molecular weight excluding hydrogens is 442 g/mol. The zero-order chi connectivity index (χ0) is 25.0. The zero-order valence-corrected chi connectivity index (χ0v) is 18.7. The van der Waals surface area contributed by atoms with Crippen LogP contribution in [0.2, 0.25) is 0 Å². The van der Waals surface area contributed by atoms with Crippen LogP contribution in [0.25, 0.3) is 22.3 Å².